The standard InChI is InChI=1S/C34H37ClN4O3/c35-30-13-7-6-12-28(30)20-32(38-33(40)31(36)23-42-22-24-8-2-1-3-9-24)34(41)39-17-16-37-29(21-39)19-25-14-15-26-10-4-5-11-27(26)18-25/h1-15,18,29,31-32,37H,16-17,19-23,36H2,(H,38,40)/t29-,31+,32-/m1/s1. The van der Waals surface area contributed by atoms with Crippen molar-refractivity contribution in [2.24, 2.45) is 5.73 Å². The van der Waals surface area contributed by atoms with E-state index >= 15 is 0 Å². The summed E-state index contributed by atoms with van der Waals surface area (Å²) in [4.78, 5) is 28.9. The fraction of sp³-hybridized carbons (Fsp3) is 0.294. The molecule has 0 aliphatic carbocycles. The van der Waals surface area contributed by atoms with Crippen molar-refractivity contribution in [3.63, 3.8) is 0 Å². The largest absolute Gasteiger partial charge is 0.375 e. The zero-order chi connectivity index (χ0) is 29.3. The summed E-state index contributed by atoms with van der Waals surface area (Å²) in [6.45, 7) is 2.14. The average Bonchev–Trinajstić information content (AvgIpc) is 3.02. The Balaban J connectivity index is 1.24. The molecule has 1 aliphatic rings. The highest BCUT2D eigenvalue weighted by Crippen LogP contribution is 2.20. The summed E-state index contributed by atoms with van der Waals surface area (Å²) >= 11 is 6.45. The minimum Gasteiger partial charge on any atom is -0.375 e. The van der Waals surface area contributed by atoms with E-state index in [-0.39, 0.29) is 25.0 Å². The van der Waals surface area contributed by atoms with Gasteiger partial charge < -0.3 is 26.0 Å². The summed E-state index contributed by atoms with van der Waals surface area (Å²) in [7, 11) is 0. The molecule has 2 amide bonds. The van der Waals surface area contributed by atoms with E-state index in [1.165, 1.54) is 16.3 Å². The molecule has 4 aromatic carbocycles. The van der Waals surface area contributed by atoms with E-state index in [0.717, 1.165) is 17.5 Å². The molecule has 0 saturated carbocycles. The lowest BCUT2D eigenvalue weighted by Gasteiger charge is -2.36. The first-order valence-electron chi connectivity index (χ1n) is 14.4. The second kappa shape index (κ2) is 14.4. The van der Waals surface area contributed by atoms with E-state index in [2.05, 4.69) is 41.0 Å². The van der Waals surface area contributed by atoms with Crippen LogP contribution in [0.3, 0.4) is 0 Å². The first kappa shape index (κ1) is 29.7. The molecule has 8 heteroatoms. The van der Waals surface area contributed by atoms with Crippen LogP contribution in [0.1, 0.15) is 16.7 Å². The number of fused-ring (bicyclic) bond motifs is 1. The van der Waals surface area contributed by atoms with Crippen molar-refractivity contribution in [1.82, 2.24) is 15.5 Å². The summed E-state index contributed by atoms with van der Waals surface area (Å²) in [5.74, 6) is -0.581. The Morgan fingerprint density at radius 3 is 2.50 bits per heavy atom. The van der Waals surface area contributed by atoms with E-state index in [9.17, 15) is 9.59 Å². The number of benzene rings is 4. The van der Waals surface area contributed by atoms with E-state index < -0.39 is 18.0 Å². The monoisotopic (exact) mass is 584 g/mol. The number of nitrogens with two attached hydrogens (primary N) is 1. The molecule has 4 aromatic rings. The van der Waals surface area contributed by atoms with Gasteiger partial charge in [-0.25, -0.2) is 0 Å². The van der Waals surface area contributed by atoms with Gasteiger partial charge in [0.1, 0.15) is 12.1 Å². The van der Waals surface area contributed by atoms with Crippen LogP contribution in [-0.2, 0) is 33.8 Å². The van der Waals surface area contributed by atoms with Crippen molar-refractivity contribution >= 4 is 34.2 Å². The van der Waals surface area contributed by atoms with Crippen molar-refractivity contribution in [1.29, 1.82) is 0 Å². The van der Waals surface area contributed by atoms with Gasteiger partial charge in [-0.15, -0.1) is 0 Å². The van der Waals surface area contributed by atoms with Gasteiger partial charge in [0.2, 0.25) is 11.8 Å². The molecule has 0 unspecified atom stereocenters. The lowest BCUT2D eigenvalue weighted by Crippen LogP contribution is -2.59. The van der Waals surface area contributed by atoms with Gasteiger partial charge >= 0.3 is 0 Å². The van der Waals surface area contributed by atoms with Gasteiger partial charge in [0, 0.05) is 37.1 Å². The first-order valence-corrected chi connectivity index (χ1v) is 14.7. The number of nitrogens with zero attached hydrogens (tertiary/aromatic N) is 1. The molecule has 0 bridgehead atoms. The smallest absolute Gasteiger partial charge is 0.245 e. The third kappa shape index (κ3) is 7.95. The molecular weight excluding hydrogens is 548 g/mol. The van der Waals surface area contributed by atoms with Crippen LogP contribution < -0.4 is 16.4 Å². The van der Waals surface area contributed by atoms with Crippen LogP contribution in [0.2, 0.25) is 5.02 Å². The van der Waals surface area contributed by atoms with Gasteiger partial charge in [0.05, 0.1) is 13.2 Å². The lowest BCUT2D eigenvalue weighted by molar-refractivity contribution is -0.138. The zero-order valence-electron chi connectivity index (χ0n) is 23.5. The van der Waals surface area contributed by atoms with Gasteiger partial charge in [0.25, 0.3) is 0 Å². The third-order valence-electron chi connectivity index (χ3n) is 7.61. The Hall–Kier alpha value is -3.75. The summed E-state index contributed by atoms with van der Waals surface area (Å²) in [5, 5.41) is 9.42. The Morgan fingerprint density at radius 1 is 0.952 bits per heavy atom. The molecule has 1 heterocycles. The molecule has 0 radical (unpaired) electrons. The second-order valence-electron chi connectivity index (χ2n) is 10.8. The van der Waals surface area contributed by atoms with Crippen LogP contribution in [0.15, 0.2) is 97.1 Å². The lowest BCUT2D eigenvalue weighted by atomic mass is 9.99. The van der Waals surface area contributed by atoms with Crippen molar-refractivity contribution < 1.29 is 14.3 Å². The highest BCUT2D eigenvalue weighted by molar-refractivity contribution is 6.31. The van der Waals surface area contributed by atoms with E-state index in [4.69, 9.17) is 22.1 Å². The third-order valence-corrected chi connectivity index (χ3v) is 7.97. The molecule has 42 heavy (non-hydrogen) atoms. The maximum atomic E-state index is 13.9. The van der Waals surface area contributed by atoms with Gasteiger partial charge in [0.15, 0.2) is 0 Å². The van der Waals surface area contributed by atoms with Crippen LogP contribution in [0.25, 0.3) is 10.8 Å². The minimum absolute atomic E-state index is 0.0369. The predicted molar refractivity (Wildman–Crippen MR) is 167 cm³/mol. The van der Waals surface area contributed by atoms with Gasteiger partial charge in [-0.05, 0) is 39.9 Å². The number of amides is 2. The normalized spacial score (nSPS) is 16.6. The number of carbonyl (C=O) groups excluding carboxylic acids is 2. The summed E-state index contributed by atoms with van der Waals surface area (Å²) in [6, 6.07) is 30.2. The number of halogens is 1. The topological polar surface area (TPSA) is 96.7 Å². The average molecular weight is 585 g/mol. The van der Waals surface area contributed by atoms with E-state index in [0.29, 0.717) is 31.3 Å². The number of rotatable bonds is 11. The van der Waals surface area contributed by atoms with Gasteiger partial charge in [-0.2, -0.15) is 0 Å². The number of ether oxygens (including phenoxy) is 1. The summed E-state index contributed by atoms with van der Waals surface area (Å²) < 4.78 is 5.69. The van der Waals surface area contributed by atoms with Crippen molar-refractivity contribution in [3.8, 4) is 0 Å². The highest BCUT2D eigenvalue weighted by Gasteiger charge is 2.31. The van der Waals surface area contributed by atoms with Crippen molar-refractivity contribution in [2.45, 2.75) is 37.6 Å². The second-order valence-corrected chi connectivity index (χ2v) is 11.2. The van der Waals surface area contributed by atoms with Crippen molar-refractivity contribution in [2.75, 3.05) is 26.2 Å². The zero-order valence-corrected chi connectivity index (χ0v) is 24.3. The van der Waals surface area contributed by atoms with E-state index in [1.54, 1.807) is 6.07 Å². The number of piperazine rings is 1. The Bertz CT molecular complexity index is 1500. The van der Waals surface area contributed by atoms with Crippen LogP contribution in [0.5, 0.6) is 0 Å². The molecule has 3 atom stereocenters. The number of carbonyl (C=O) groups is 2. The first-order chi connectivity index (χ1) is 20.5. The molecule has 4 N–H and O–H groups in total. The minimum atomic E-state index is -0.918. The molecular formula is C34H37ClN4O3. The number of nitrogens with one attached hydrogen (secondary N) is 2. The number of hydrogen-bond acceptors (Lipinski definition) is 5. The maximum absolute atomic E-state index is 13.9. The molecule has 1 saturated heterocycles. The van der Waals surface area contributed by atoms with Crippen LogP contribution in [0.4, 0.5) is 0 Å². The molecule has 0 spiro atoms. The Labute approximate surface area is 252 Å². The Kier molecular flexibility index (Phi) is 10.2. The number of hydrogen-bond donors (Lipinski definition) is 3. The fourth-order valence-corrected chi connectivity index (χ4v) is 5.56. The molecule has 1 fully saturated rings. The fourth-order valence-electron chi connectivity index (χ4n) is 5.35. The predicted octanol–water partition coefficient (Wildman–Crippen LogP) is 4.11. The summed E-state index contributed by atoms with van der Waals surface area (Å²) in [5.41, 5.74) is 9.17. The SMILES string of the molecule is N[C@@H](COCc1ccccc1)C(=O)N[C@H](Cc1ccccc1Cl)C(=O)N1CCN[C@H](Cc2ccc3ccccc3c2)C1. The summed E-state index contributed by atoms with van der Waals surface area (Å²) in [6.07, 6.45) is 1.06. The van der Waals surface area contributed by atoms with Crippen LogP contribution >= 0.6 is 11.6 Å². The molecule has 218 valence electrons. The molecule has 1 aliphatic heterocycles. The highest BCUT2D eigenvalue weighted by atomic mass is 35.5. The van der Waals surface area contributed by atoms with Gasteiger partial charge in [-0.1, -0.05) is 103 Å². The van der Waals surface area contributed by atoms with Crippen LogP contribution in [-0.4, -0.2) is 61.1 Å². The van der Waals surface area contributed by atoms with Gasteiger partial charge in [-0.3, -0.25) is 9.59 Å². The quantitative estimate of drug-likeness (QED) is 0.247. The maximum Gasteiger partial charge on any atom is 0.245 e. The van der Waals surface area contributed by atoms with E-state index in [1.807, 2.05) is 65.6 Å². The molecule has 5 rings (SSSR count). The molecule has 0 aromatic heterocycles. The van der Waals surface area contributed by atoms with Crippen LogP contribution in [0, 0.1) is 0 Å². The van der Waals surface area contributed by atoms with Crippen molar-refractivity contribution in [3.05, 3.63) is 119 Å². The molecule has 7 nitrogen and oxygen atoms in total. The Morgan fingerprint density at radius 2 is 1.69 bits per heavy atom.